The summed E-state index contributed by atoms with van der Waals surface area (Å²) >= 11 is 1.72. The molecule has 0 radical (unpaired) electrons. The van der Waals surface area contributed by atoms with Crippen LogP contribution in [0.5, 0.6) is 0 Å². The first-order chi connectivity index (χ1) is 9.24. The second-order valence-electron chi connectivity index (χ2n) is 5.57. The van der Waals surface area contributed by atoms with Crippen LogP contribution in [0.25, 0.3) is 10.2 Å². The SMILES string of the molecule is CC1CCN(Cc2ccc3nc(CN)sc3c2)CC1. The molecule has 0 unspecified atom stereocenters. The minimum absolute atomic E-state index is 0.540. The molecule has 1 saturated heterocycles. The van der Waals surface area contributed by atoms with E-state index in [0.717, 1.165) is 23.0 Å². The molecule has 0 saturated carbocycles. The molecule has 102 valence electrons. The lowest BCUT2D eigenvalue weighted by Gasteiger charge is -2.30. The van der Waals surface area contributed by atoms with Crippen LogP contribution in [-0.2, 0) is 13.1 Å². The van der Waals surface area contributed by atoms with Crippen molar-refractivity contribution in [3.8, 4) is 0 Å². The van der Waals surface area contributed by atoms with Gasteiger partial charge < -0.3 is 5.73 Å². The van der Waals surface area contributed by atoms with E-state index in [4.69, 9.17) is 5.73 Å². The van der Waals surface area contributed by atoms with Gasteiger partial charge in [0, 0.05) is 13.1 Å². The van der Waals surface area contributed by atoms with Gasteiger partial charge in [0.05, 0.1) is 10.2 Å². The Hall–Kier alpha value is -0.970. The minimum Gasteiger partial charge on any atom is -0.325 e. The Labute approximate surface area is 118 Å². The summed E-state index contributed by atoms with van der Waals surface area (Å²) in [6.07, 6.45) is 2.67. The molecule has 3 nitrogen and oxygen atoms in total. The standard InChI is InChI=1S/C15H21N3S/c1-11-4-6-18(7-5-11)10-12-2-3-13-14(8-12)19-15(9-16)17-13/h2-3,8,11H,4-7,9-10,16H2,1H3. The Kier molecular flexibility index (Phi) is 3.82. The Morgan fingerprint density at radius 1 is 1.37 bits per heavy atom. The van der Waals surface area contributed by atoms with Crippen molar-refractivity contribution in [3.05, 3.63) is 28.8 Å². The normalized spacial score (nSPS) is 18.2. The fourth-order valence-electron chi connectivity index (χ4n) is 2.68. The van der Waals surface area contributed by atoms with Crippen LogP contribution in [0.3, 0.4) is 0 Å². The average molecular weight is 275 g/mol. The van der Waals surface area contributed by atoms with Crippen molar-refractivity contribution >= 4 is 21.6 Å². The molecule has 4 heteroatoms. The summed E-state index contributed by atoms with van der Waals surface area (Å²) in [5.74, 6) is 0.896. The molecule has 1 aliphatic heterocycles. The van der Waals surface area contributed by atoms with Crippen LogP contribution in [0.2, 0.25) is 0 Å². The number of benzene rings is 1. The molecule has 0 atom stereocenters. The highest BCUT2D eigenvalue weighted by Gasteiger charge is 2.15. The van der Waals surface area contributed by atoms with Gasteiger partial charge in [-0.05, 0) is 49.5 Å². The van der Waals surface area contributed by atoms with Crippen molar-refractivity contribution in [2.45, 2.75) is 32.9 Å². The molecule has 0 spiro atoms. The lowest BCUT2D eigenvalue weighted by Crippen LogP contribution is -2.32. The molecular formula is C15H21N3S. The molecule has 2 N–H and O–H groups in total. The Morgan fingerprint density at radius 2 is 2.16 bits per heavy atom. The van der Waals surface area contributed by atoms with Crippen LogP contribution < -0.4 is 5.73 Å². The zero-order valence-electron chi connectivity index (χ0n) is 11.4. The van der Waals surface area contributed by atoms with Crippen molar-refractivity contribution < 1.29 is 0 Å². The Morgan fingerprint density at radius 3 is 2.89 bits per heavy atom. The number of thiazole rings is 1. The van der Waals surface area contributed by atoms with Gasteiger partial charge in [-0.15, -0.1) is 11.3 Å². The zero-order valence-corrected chi connectivity index (χ0v) is 12.2. The number of rotatable bonds is 3. The van der Waals surface area contributed by atoms with Gasteiger partial charge in [-0.3, -0.25) is 4.90 Å². The maximum absolute atomic E-state index is 5.65. The second-order valence-corrected chi connectivity index (χ2v) is 6.69. The Bertz CT molecular complexity index is 556. The highest BCUT2D eigenvalue weighted by Crippen LogP contribution is 2.24. The third kappa shape index (κ3) is 2.96. The van der Waals surface area contributed by atoms with E-state index >= 15 is 0 Å². The van der Waals surface area contributed by atoms with Crippen molar-refractivity contribution in [3.63, 3.8) is 0 Å². The largest absolute Gasteiger partial charge is 0.325 e. The second kappa shape index (κ2) is 5.57. The maximum Gasteiger partial charge on any atom is 0.107 e. The molecule has 1 aromatic heterocycles. The molecule has 0 amide bonds. The summed E-state index contributed by atoms with van der Waals surface area (Å²) in [6, 6.07) is 6.62. The molecule has 0 bridgehead atoms. The van der Waals surface area contributed by atoms with E-state index in [1.165, 1.54) is 36.2 Å². The quantitative estimate of drug-likeness (QED) is 0.936. The van der Waals surface area contributed by atoms with Crippen LogP contribution in [0.4, 0.5) is 0 Å². The van der Waals surface area contributed by atoms with Crippen LogP contribution in [-0.4, -0.2) is 23.0 Å². The summed E-state index contributed by atoms with van der Waals surface area (Å²) in [4.78, 5) is 7.07. The number of piperidine rings is 1. The van der Waals surface area contributed by atoms with Crippen LogP contribution in [0.1, 0.15) is 30.3 Å². The average Bonchev–Trinajstić information content (AvgIpc) is 2.83. The van der Waals surface area contributed by atoms with Gasteiger partial charge in [0.1, 0.15) is 5.01 Å². The number of nitrogens with zero attached hydrogens (tertiary/aromatic N) is 2. The molecule has 1 fully saturated rings. The van der Waals surface area contributed by atoms with E-state index in [0.29, 0.717) is 6.54 Å². The molecule has 2 heterocycles. The number of fused-ring (bicyclic) bond motifs is 1. The topological polar surface area (TPSA) is 42.2 Å². The van der Waals surface area contributed by atoms with Gasteiger partial charge in [0.15, 0.2) is 0 Å². The summed E-state index contributed by atoms with van der Waals surface area (Å²) in [5.41, 5.74) is 8.14. The first-order valence-electron chi connectivity index (χ1n) is 7.05. The Balaban J connectivity index is 1.74. The van der Waals surface area contributed by atoms with Crippen LogP contribution in [0, 0.1) is 5.92 Å². The summed E-state index contributed by atoms with van der Waals surface area (Å²) in [6.45, 7) is 6.43. The number of likely N-dealkylation sites (tertiary alicyclic amines) is 1. The molecule has 1 aromatic carbocycles. The smallest absolute Gasteiger partial charge is 0.107 e. The summed E-state index contributed by atoms with van der Waals surface area (Å²) in [7, 11) is 0. The monoisotopic (exact) mass is 275 g/mol. The predicted molar refractivity (Wildman–Crippen MR) is 81.2 cm³/mol. The van der Waals surface area contributed by atoms with Gasteiger partial charge in [-0.25, -0.2) is 4.98 Å². The van der Waals surface area contributed by atoms with Crippen molar-refractivity contribution in [1.29, 1.82) is 0 Å². The van der Waals surface area contributed by atoms with Gasteiger partial charge in [0.25, 0.3) is 0 Å². The molecule has 3 rings (SSSR count). The first-order valence-corrected chi connectivity index (χ1v) is 7.87. The molecule has 1 aliphatic rings. The summed E-state index contributed by atoms with van der Waals surface area (Å²) < 4.78 is 1.27. The van der Waals surface area contributed by atoms with E-state index in [1.807, 2.05) is 0 Å². The third-order valence-electron chi connectivity index (χ3n) is 3.95. The number of hydrogen-bond acceptors (Lipinski definition) is 4. The van der Waals surface area contributed by atoms with E-state index < -0.39 is 0 Å². The predicted octanol–water partition coefficient (Wildman–Crippen LogP) is 2.99. The van der Waals surface area contributed by atoms with E-state index in [2.05, 4.69) is 35.0 Å². The number of nitrogens with two attached hydrogens (primary N) is 1. The number of aromatic nitrogens is 1. The van der Waals surface area contributed by atoms with Gasteiger partial charge in [-0.2, -0.15) is 0 Å². The van der Waals surface area contributed by atoms with E-state index in [-0.39, 0.29) is 0 Å². The third-order valence-corrected chi connectivity index (χ3v) is 4.99. The fraction of sp³-hybridized carbons (Fsp3) is 0.533. The molecule has 19 heavy (non-hydrogen) atoms. The van der Waals surface area contributed by atoms with Gasteiger partial charge >= 0.3 is 0 Å². The molecule has 2 aromatic rings. The van der Waals surface area contributed by atoms with E-state index in [9.17, 15) is 0 Å². The minimum atomic E-state index is 0.540. The zero-order chi connectivity index (χ0) is 13.2. The van der Waals surface area contributed by atoms with Crippen molar-refractivity contribution in [2.75, 3.05) is 13.1 Å². The highest BCUT2D eigenvalue weighted by atomic mass is 32.1. The summed E-state index contributed by atoms with van der Waals surface area (Å²) in [5, 5.41) is 1.03. The van der Waals surface area contributed by atoms with Crippen LogP contribution >= 0.6 is 11.3 Å². The van der Waals surface area contributed by atoms with Gasteiger partial charge in [0.2, 0.25) is 0 Å². The van der Waals surface area contributed by atoms with Crippen molar-refractivity contribution in [2.24, 2.45) is 11.7 Å². The lowest BCUT2D eigenvalue weighted by atomic mass is 9.99. The lowest BCUT2D eigenvalue weighted by molar-refractivity contribution is 0.185. The van der Waals surface area contributed by atoms with E-state index in [1.54, 1.807) is 11.3 Å². The fourth-order valence-corrected chi connectivity index (χ4v) is 3.59. The molecular weight excluding hydrogens is 254 g/mol. The van der Waals surface area contributed by atoms with Crippen LogP contribution in [0.15, 0.2) is 18.2 Å². The maximum atomic E-state index is 5.65. The number of hydrogen-bond donors (Lipinski definition) is 1. The highest BCUT2D eigenvalue weighted by molar-refractivity contribution is 7.18. The van der Waals surface area contributed by atoms with Gasteiger partial charge in [-0.1, -0.05) is 13.0 Å². The molecule has 0 aliphatic carbocycles. The first kappa shape index (κ1) is 13.0. The van der Waals surface area contributed by atoms with Crippen molar-refractivity contribution in [1.82, 2.24) is 9.88 Å².